The van der Waals surface area contributed by atoms with E-state index in [0.717, 1.165) is 17.4 Å². The maximum Gasteiger partial charge on any atom is 0.573 e. The topological polar surface area (TPSA) is 101 Å². The third-order valence-electron chi connectivity index (χ3n) is 5.50. The van der Waals surface area contributed by atoms with Crippen molar-refractivity contribution in [2.45, 2.75) is 33.7 Å². The first-order valence-electron chi connectivity index (χ1n) is 11.3. The molecule has 3 aromatic carbocycles. The number of carboxylic acid groups (broad SMARTS) is 1. The van der Waals surface area contributed by atoms with Gasteiger partial charge in [0.2, 0.25) is 0 Å². The summed E-state index contributed by atoms with van der Waals surface area (Å²) in [6.45, 7) is 3.38. The van der Waals surface area contributed by atoms with Crippen molar-refractivity contribution in [2.24, 2.45) is 5.92 Å². The van der Waals surface area contributed by atoms with E-state index < -0.39 is 30.1 Å². The van der Waals surface area contributed by atoms with E-state index in [1.165, 1.54) is 36.4 Å². The van der Waals surface area contributed by atoms with Crippen LogP contribution in [0.2, 0.25) is 0 Å². The fourth-order valence-corrected chi connectivity index (χ4v) is 4.53. The Hall–Kier alpha value is -4.19. The highest BCUT2D eigenvalue weighted by Gasteiger charge is 2.31. The number of hydrogen-bond acceptors (Lipinski definition) is 6. The van der Waals surface area contributed by atoms with E-state index in [4.69, 9.17) is 0 Å². The molecule has 4 aromatic rings. The number of rotatable bonds is 8. The number of fused-ring (bicyclic) bond motifs is 1. The maximum atomic E-state index is 14.9. The zero-order valence-electron chi connectivity index (χ0n) is 20.0. The van der Waals surface area contributed by atoms with Gasteiger partial charge in [-0.3, -0.25) is 4.79 Å². The number of amides is 1. The van der Waals surface area contributed by atoms with E-state index in [1.54, 1.807) is 32.0 Å². The summed E-state index contributed by atoms with van der Waals surface area (Å²) in [5.74, 6) is -2.92. The largest absolute Gasteiger partial charge is 0.573 e. The number of hydrogen-bond donors (Lipinski definition) is 3. The van der Waals surface area contributed by atoms with Crippen LogP contribution in [0.5, 0.6) is 5.75 Å². The molecule has 0 saturated heterocycles. The number of alkyl halides is 3. The van der Waals surface area contributed by atoms with Crippen LogP contribution in [0, 0.1) is 11.7 Å². The summed E-state index contributed by atoms with van der Waals surface area (Å²) in [4.78, 5) is 28.0. The van der Waals surface area contributed by atoms with Gasteiger partial charge in [-0.2, -0.15) is 0 Å². The van der Waals surface area contributed by atoms with Crippen LogP contribution in [0.15, 0.2) is 60.7 Å². The van der Waals surface area contributed by atoms with Crippen LogP contribution in [-0.4, -0.2) is 34.4 Å². The Morgan fingerprint density at radius 2 is 1.67 bits per heavy atom. The number of ether oxygens (including phenoxy) is 1. The number of aliphatic carboxylic acids is 1. The van der Waals surface area contributed by atoms with Crippen LogP contribution in [0.1, 0.15) is 31.6 Å². The van der Waals surface area contributed by atoms with Gasteiger partial charge in [0.15, 0.2) is 5.13 Å². The second-order valence-corrected chi connectivity index (χ2v) is 9.66. The summed E-state index contributed by atoms with van der Waals surface area (Å²) in [5.41, 5.74) is 1.96. The predicted molar refractivity (Wildman–Crippen MR) is 142 cm³/mol. The monoisotopic (exact) mass is 563 g/mol. The quantitative estimate of drug-likeness (QED) is 0.196. The Bertz CT molecular complexity index is 1490. The first-order valence-corrected chi connectivity index (χ1v) is 12.1. The fourth-order valence-electron chi connectivity index (χ4n) is 3.62. The molecule has 39 heavy (non-hydrogen) atoms. The summed E-state index contributed by atoms with van der Waals surface area (Å²) in [5, 5.41) is 14.9. The third kappa shape index (κ3) is 7.23. The van der Waals surface area contributed by atoms with E-state index >= 15 is 0 Å². The molecule has 206 valence electrons. The Balaban J connectivity index is 0.00000420. The standard InChI is InChI=1S/C26H21F4N3O4S.CH4/c1-13(2)22(24(35)36)33-23(34)15-5-3-14(4-6-15)16-7-9-19(18(27)11-16)31-25-32-20-10-8-17(12-21(20)38-25)37-26(28,29)30;/h3-13,22H,1-2H3,(H,31,32)(H,33,34)(H,35,36);1H4/t22-;/m0./s1. The van der Waals surface area contributed by atoms with Gasteiger partial charge in [0.25, 0.3) is 5.91 Å². The van der Waals surface area contributed by atoms with Crippen molar-refractivity contribution in [1.29, 1.82) is 0 Å². The number of aromatic nitrogens is 1. The van der Waals surface area contributed by atoms with E-state index in [0.29, 0.717) is 21.3 Å². The molecular formula is C27H25F4N3O4S. The van der Waals surface area contributed by atoms with Crippen molar-refractivity contribution >= 4 is 44.2 Å². The van der Waals surface area contributed by atoms with Crippen LogP contribution < -0.4 is 15.4 Å². The van der Waals surface area contributed by atoms with Crippen molar-refractivity contribution in [3.05, 3.63) is 72.0 Å². The molecule has 0 spiro atoms. The molecule has 0 fully saturated rings. The van der Waals surface area contributed by atoms with Crippen molar-refractivity contribution in [1.82, 2.24) is 10.3 Å². The number of nitrogens with zero attached hydrogens (tertiary/aromatic N) is 1. The smallest absolute Gasteiger partial charge is 0.480 e. The molecule has 1 aromatic heterocycles. The van der Waals surface area contributed by atoms with E-state index in [2.05, 4.69) is 20.4 Å². The average Bonchev–Trinajstić information content (AvgIpc) is 3.24. The van der Waals surface area contributed by atoms with E-state index in [9.17, 15) is 32.3 Å². The van der Waals surface area contributed by atoms with Crippen molar-refractivity contribution in [3.63, 3.8) is 0 Å². The zero-order valence-corrected chi connectivity index (χ0v) is 20.8. The minimum absolute atomic E-state index is 0. The fraction of sp³-hybridized carbons (Fsp3) is 0.222. The van der Waals surface area contributed by atoms with Gasteiger partial charge in [0.05, 0.1) is 15.9 Å². The lowest BCUT2D eigenvalue weighted by Crippen LogP contribution is -2.44. The molecule has 0 unspecified atom stereocenters. The van der Waals surface area contributed by atoms with Gasteiger partial charge < -0.3 is 20.5 Å². The van der Waals surface area contributed by atoms with Crippen molar-refractivity contribution in [2.75, 3.05) is 5.32 Å². The number of carboxylic acids is 1. The first kappa shape index (κ1) is 29.4. The number of nitrogens with one attached hydrogen (secondary N) is 2. The minimum Gasteiger partial charge on any atom is -0.480 e. The molecule has 0 aliphatic rings. The first-order chi connectivity index (χ1) is 17.9. The van der Waals surface area contributed by atoms with Crippen molar-refractivity contribution < 1.29 is 37.0 Å². The predicted octanol–water partition coefficient (Wildman–Crippen LogP) is 7.22. The summed E-state index contributed by atoms with van der Waals surface area (Å²) in [6.07, 6.45) is -4.81. The van der Waals surface area contributed by atoms with Gasteiger partial charge in [-0.1, -0.05) is 50.8 Å². The highest BCUT2D eigenvalue weighted by atomic mass is 32.1. The summed E-state index contributed by atoms with van der Waals surface area (Å²) >= 11 is 1.04. The molecule has 0 aliphatic heterocycles. The number of carbonyl (C=O) groups excluding carboxylic acids is 1. The number of carbonyl (C=O) groups is 2. The molecule has 4 rings (SSSR count). The SMILES string of the molecule is C.CC(C)[C@H](NC(=O)c1ccc(-c2ccc(Nc3nc4ccc(OC(F)(F)F)cc4s3)c(F)c2)cc1)C(=O)O. The lowest BCUT2D eigenvalue weighted by Gasteiger charge is -2.18. The molecule has 0 saturated carbocycles. The molecule has 0 aliphatic carbocycles. The summed E-state index contributed by atoms with van der Waals surface area (Å²) < 4.78 is 56.6. The second-order valence-electron chi connectivity index (χ2n) is 8.63. The van der Waals surface area contributed by atoms with E-state index in [1.807, 2.05) is 0 Å². The van der Waals surface area contributed by atoms with Crippen LogP contribution in [-0.2, 0) is 4.79 Å². The molecule has 0 radical (unpaired) electrons. The van der Waals surface area contributed by atoms with E-state index in [-0.39, 0.29) is 35.5 Å². The molecule has 1 heterocycles. The molecular weight excluding hydrogens is 538 g/mol. The Labute approximate surface area is 225 Å². The average molecular weight is 564 g/mol. The van der Waals surface area contributed by atoms with Crippen LogP contribution >= 0.6 is 11.3 Å². The Kier molecular flexibility index (Phi) is 8.80. The number of anilines is 2. The third-order valence-corrected chi connectivity index (χ3v) is 6.44. The van der Waals surface area contributed by atoms with Crippen LogP contribution in [0.4, 0.5) is 28.4 Å². The normalized spacial score (nSPS) is 12.1. The van der Waals surface area contributed by atoms with Crippen molar-refractivity contribution in [3.8, 4) is 16.9 Å². The van der Waals surface area contributed by atoms with Gasteiger partial charge in [-0.15, -0.1) is 13.2 Å². The molecule has 1 amide bonds. The lowest BCUT2D eigenvalue weighted by atomic mass is 10.0. The molecule has 3 N–H and O–H groups in total. The Morgan fingerprint density at radius 3 is 2.26 bits per heavy atom. The van der Waals surface area contributed by atoms with Gasteiger partial charge in [-0.05, 0) is 53.4 Å². The lowest BCUT2D eigenvalue weighted by molar-refractivity contribution is -0.274. The van der Waals surface area contributed by atoms with Gasteiger partial charge in [0, 0.05) is 11.6 Å². The number of thiazole rings is 1. The molecule has 0 bridgehead atoms. The summed E-state index contributed by atoms with van der Waals surface area (Å²) in [6, 6.07) is 13.4. The van der Waals surface area contributed by atoms with Gasteiger partial charge in [-0.25, -0.2) is 14.2 Å². The van der Waals surface area contributed by atoms with Gasteiger partial charge in [0.1, 0.15) is 17.6 Å². The minimum atomic E-state index is -4.81. The molecule has 12 heteroatoms. The van der Waals surface area contributed by atoms with Crippen LogP contribution in [0.25, 0.3) is 21.3 Å². The highest BCUT2D eigenvalue weighted by Crippen LogP contribution is 2.34. The second kappa shape index (κ2) is 11.7. The number of halogens is 4. The number of benzene rings is 3. The van der Waals surface area contributed by atoms with Crippen LogP contribution in [0.3, 0.4) is 0 Å². The maximum absolute atomic E-state index is 14.9. The van der Waals surface area contributed by atoms with Gasteiger partial charge >= 0.3 is 12.3 Å². The Morgan fingerprint density at radius 1 is 1.00 bits per heavy atom. The zero-order chi connectivity index (χ0) is 27.6. The molecule has 1 atom stereocenters. The summed E-state index contributed by atoms with van der Waals surface area (Å²) in [7, 11) is 0. The highest BCUT2D eigenvalue weighted by molar-refractivity contribution is 7.22. The molecule has 7 nitrogen and oxygen atoms in total.